The van der Waals surface area contributed by atoms with E-state index >= 15 is 0 Å². The van der Waals surface area contributed by atoms with Crippen molar-refractivity contribution < 1.29 is 18.3 Å². The van der Waals surface area contributed by atoms with Gasteiger partial charge in [0.05, 0.1) is 12.4 Å². The predicted octanol–water partition coefficient (Wildman–Crippen LogP) is 1.43. The van der Waals surface area contributed by atoms with Crippen LogP contribution in [0.2, 0.25) is 0 Å². The lowest BCUT2D eigenvalue weighted by atomic mass is 9.99. The van der Waals surface area contributed by atoms with Gasteiger partial charge in [0.15, 0.2) is 11.4 Å². The fourth-order valence-electron chi connectivity index (χ4n) is 3.51. The van der Waals surface area contributed by atoms with Crippen LogP contribution in [0.4, 0.5) is 13.2 Å². The first-order valence-electron chi connectivity index (χ1n) is 7.42. The normalized spacial score (nSPS) is 32.3. The first kappa shape index (κ1) is 15.5. The minimum Gasteiger partial charge on any atom is -0.380 e. The van der Waals surface area contributed by atoms with Crippen molar-refractivity contribution in [3.05, 3.63) is 11.9 Å². The molecule has 3 aliphatic rings. The zero-order valence-corrected chi connectivity index (χ0v) is 12.8. The van der Waals surface area contributed by atoms with Gasteiger partial charge >= 0.3 is 6.18 Å². The molecule has 0 saturated heterocycles. The second-order valence-electron chi connectivity index (χ2n) is 6.58. The third-order valence-electron chi connectivity index (χ3n) is 4.75. The number of hydrogen-bond donors (Lipinski definition) is 1. The van der Waals surface area contributed by atoms with Gasteiger partial charge in [0.2, 0.25) is 0 Å². The number of fused-ring (bicyclic) bond motifs is 1. The topological polar surface area (TPSA) is 42.3 Å². The van der Waals surface area contributed by atoms with Crippen LogP contribution in [0.25, 0.3) is 0 Å². The van der Waals surface area contributed by atoms with Gasteiger partial charge in [0.25, 0.3) is 0 Å². The highest BCUT2D eigenvalue weighted by molar-refractivity contribution is 5.99. The molecule has 8 heteroatoms. The van der Waals surface area contributed by atoms with E-state index in [1.165, 1.54) is 0 Å². The molecule has 0 spiro atoms. The summed E-state index contributed by atoms with van der Waals surface area (Å²) in [4.78, 5) is 10.5. The predicted molar refractivity (Wildman–Crippen MR) is 75.8 cm³/mol. The zero-order chi connectivity index (χ0) is 16.1. The Bertz CT molecular complexity index is 519. The van der Waals surface area contributed by atoms with E-state index in [2.05, 4.69) is 4.99 Å². The minimum absolute atomic E-state index is 0.151. The molecule has 0 aromatic heterocycles. The lowest BCUT2D eigenvalue weighted by Gasteiger charge is -2.36. The Balaban J connectivity index is 1.67. The van der Waals surface area contributed by atoms with Crippen molar-refractivity contribution in [1.29, 1.82) is 0 Å². The summed E-state index contributed by atoms with van der Waals surface area (Å²) in [5.74, 6) is 0.777. The quantitative estimate of drug-likeness (QED) is 0.836. The van der Waals surface area contributed by atoms with Gasteiger partial charge < -0.3 is 19.8 Å². The molecule has 22 heavy (non-hydrogen) atoms. The Labute approximate surface area is 127 Å². The van der Waals surface area contributed by atoms with Crippen LogP contribution in [0.3, 0.4) is 0 Å². The van der Waals surface area contributed by atoms with Crippen molar-refractivity contribution in [1.82, 2.24) is 14.7 Å². The van der Waals surface area contributed by atoms with E-state index in [1.54, 1.807) is 0 Å². The molecule has 2 atom stereocenters. The lowest BCUT2D eigenvalue weighted by molar-refractivity contribution is -0.258. The van der Waals surface area contributed by atoms with Gasteiger partial charge in [0.1, 0.15) is 6.67 Å². The first-order chi connectivity index (χ1) is 10.2. The van der Waals surface area contributed by atoms with Gasteiger partial charge in [-0.2, -0.15) is 13.2 Å². The number of nitrogens with zero attached hydrogens (tertiary/aromatic N) is 4. The summed E-state index contributed by atoms with van der Waals surface area (Å²) in [6, 6.07) is 0. The van der Waals surface area contributed by atoms with E-state index in [-0.39, 0.29) is 18.8 Å². The molecule has 1 aliphatic carbocycles. The summed E-state index contributed by atoms with van der Waals surface area (Å²) in [5.41, 5.74) is -1.51. The maximum absolute atomic E-state index is 12.9. The second-order valence-corrected chi connectivity index (χ2v) is 6.58. The van der Waals surface area contributed by atoms with Crippen molar-refractivity contribution in [2.75, 3.05) is 34.0 Å². The minimum atomic E-state index is -4.54. The van der Waals surface area contributed by atoms with Gasteiger partial charge in [-0.15, -0.1) is 0 Å². The number of halogens is 3. The van der Waals surface area contributed by atoms with Crippen molar-refractivity contribution in [2.24, 2.45) is 10.9 Å². The molecule has 1 saturated carbocycles. The standard InChI is InChI=1S/C14H21F3N4O/c1-19-8-18-12-11(19)7-21(9-20(12)2)6-10-3-4-13(22,5-10)14(15,16)17/h7,10,22H,3-6,8-9H2,1-2H3. The fraction of sp³-hybridized carbons (Fsp3) is 0.786. The smallest absolute Gasteiger partial charge is 0.380 e. The molecule has 2 heterocycles. The van der Waals surface area contributed by atoms with E-state index in [4.69, 9.17) is 0 Å². The molecule has 1 fully saturated rings. The van der Waals surface area contributed by atoms with E-state index in [0.29, 0.717) is 26.3 Å². The maximum Gasteiger partial charge on any atom is 0.417 e. The molecule has 0 amide bonds. The number of hydrogen-bond acceptors (Lipinski definition) is 5. The van der Waals surface area contributed by atoms with Crippen molar-refractivity contribution >= 4 is 5.84 Å². The number of rotatable bonds is 2. The number of amidine groups is 1. The monoisotopic (exact) mass is 318 g/mol. The number of aliphatic hydroxyl groups is 1. The van der Waals surface area contributed by atoms with Crippen molar-refractivity contribution in [3.63, 3.8) is 0 Å². The molecule has 1 N–H and O–H groups in total. The maximum atomic E-state index is 12.9. The molecule has 0 bridgehead atoms. The Morgan fingerprint density at radius 2 is 2.09 bits per heavy atom. The van der Waals surface area contributed by atoms with Crippen LogP contribution in [0, 0.1) is 5.92 Å². The summed E-state index contributed by atoms with van der Waals surface area (Å²) >= 11 is 0. The largest absolute Gasteiger partial charge is 0.417 e. The average molecular weight is 318 g/mol. The van der Waals surface area contributed by atoms with E-state index in [1.807, 2.05) is 35.0 Å². The summed E-state index contributed by atoms with van der Waals surface area (Å²) in [5, 5.41) is 9.78. The SMILES string of the molecule is CN1CN=C2C1=CN(CC1CCC(O)(C(F)(F)F)C1)CN2C. The fourth-order valence-corrected chi connectivity index (χ4v) is 3.51. The molecule has 0 aromatic carbocycles. The summed E-state index contributed by atoms with van der Waals surface area (Å²) in [7, 11) is 3.87. The summed E-state index contributed by atoms with van der Waals surface area (Å²) in [6.07, 6.45) is -2.58. The molecule has 0 aromatic rings. The number of aliphatic imine (C=N–C) groups is 1. The Kier molecular flexibility index (Phi) is 3.54. The highest BCUT2D eigenvalue weighted by Crippen LogP contribution is 2.45. The lowest BCUT2D eigenvalue weighted by Crippen LogP contribution is -2.45. The van der Waals surface area contributed by atoms with Gasteiger partial charge in [-0.3, -0.25) is 0 Å². The summed E-state index contributed by atoms with van der Waals surface area (Å²) < 4.78 is 38.6. The molecule has 0 radical (unpaired) electrons. The first-order valence-corrected chi connectivity index (χ1v) is 7.42. The molecule has 2 aliphatic heterocycles. The molecule has 2 unspecified atom stereocenters. The van der Waals surface area contributed by atoms with Crippen LogP contribution in [0.5, 0.6) is 0 Å². The Morgan fingerprint density at radius 1 is 1.36 bits per heavy atom. The van der Waals surface area contributed by atoms with Crippen LogP contribution in [-0.2, 0) is 0 Å². The second kappa shape index (κ2) is 5.04. The van der Waals surface area contributed by atoms with Gasteiger partial charge in [0, 0.05) is 26.8 Å². The Morgan fingerprint density at radius 3 is 2.73 bits per heavy atom. The van der Waals surface area contributed by atoms with Crippen LogP contribution in [0.1, 0.15) is 19.3 Å². The third-order valence-corrected chi connectivity index (χ3v) is 4.75. The molecule has 124 valence electrons. The molecule has 5 nitrogen and oxygen atoms in total. The van der Waals surface area contributed by atoms with Crippen LogP contribution >= 0.6 is 0 Å². The zero-order valence-electron chi connectivity index (χ0n) is 12.8. The number of likely N-dealkylation sites (N-methyl/N-ethyl adjacent to an activating group) is 2. The highest BCUT2D eigenvalue weighted by atomic mass is 19.4. The van der Waals surface area contributed by atoms with Gasteiger partial charge in [-0.25, -0.2) is 4.99 Å². The summed E-state index contributed by atoms with van der Waals surface area (Å²) in [6.45, 7) is 1.74. The highest BCUT2D eigenvalue weighted by Gasteiger charge is 2.57. The molecular weight excluding hydrogens is 297 g/mol. The van der Waals surface area contributed by atoms with Crippen LogP contribution < -0.4 is 0 Å². The third kappa shape index (κ3) is 2.53. The molecular formula is C14H21F3N4O. The van der Waals surface area contributed by atoms with Crippen LogP contribution in [0.15, 0.2) is 16.9 Å². The van der Waals surface area contributed by atoms with E-state index < -0.39 is 11.8 Å². The number of alkyl halides is 3. The van der Waals surface area contributed by atoms with Gasteiger partial charge in [-0.1, -0.05) is 0 Å². The molecule has 3 rings (SSSR count). The van der Waals surface area contributed by atoms with Crippen LogP contribution in [-0.4, -0.2) is 71.4 Å². The van der Waals surface area contributed by atoms with E-state index in [0.717, 1.165) is 11.5 Å². The van der Waals surface area contributed by atoms with Crippen molar-refractivity contribution in [2.45, 2.75) is 31.0 Å². The van der Waals surface area contributed by atoms with E-state index in [9.17, 15) is 18.3 Å². The average Bonchev–Trinajstić information content (AvgIpc) is 2.95. The van der Waals surface area contributed by atoms with Crippen molar-refractivity contribution in [3.8, 4) is 0 Å². The Hall–Kier alpha value is -1.44. The van der Waals surface area contributed by atoms with Gasteiger partial charge in [-0.05, 0) is 25.2 Å².